The van der Waals surface area contributed by atoms with E-state index in [1.54, 1.807) is 65.1 Å². The van der Waals surface area contributed by atoms with E-state index in [-0.39, 0.29) is 69.1 Å². The standard InChI is InChI=1S/C27H27ClN10O2.C25H22F4N10O2/c1-15-11-17(29-5)12-19(25(39)32-27(2,3)4)22(15)31-26(40)21-13-18(14-37-35-23(33-36-37)16-8-9-16)34-38(21)24-20(28)7-6-10-30-24;1-13-9-14(30-5)10-16(21(40)33-24(2,3)4)19(13)32-22(41)18-11-15(12-38-36-23(34-37-38)25(27,28)29)35-39(18)20-17(26)7-6-8-31-20/h6-7,10-13,16H,8-9,14H2,1-4H3,(H,31,40)(H,32,39);6-11H,12H2,1-4H3,(H,32,41)(H,33,40). The van der Waals surface area contributed by atoms with Crippen LogP contribution in [0.5, 0.6) is 0 Å². The number of carbonyl (C=O) groups excluding carboxylic acids is 4. The van der Waals surface area contributed by atoms with E-state index in [0.29, 0.717) is 38.4 Å². The number of aryl methyl sites for hydroxylation is 2. The van der Waals surface area contributed by atoms with Gasteiger partial charge in [-0.1, -0.05) is 23.7 Å². The summed E-state index contributed by atoms with van der Waals surface area (Å²) >= 11 is 6.42. The fourth-order valence-electron chi connectivity index (χ4n) is 7.79. The largest absolute Gasteiger partial charge is 0.455 e. The number of nitrogens with one attached hydrogen (secondary N) is 4. The van der Waals surface area contributed by atoms with Crippen molar-refractivity contribution in [2.75, 3.05) is 10.6 Å². The molecular formula is C52H49ClF4N20O4. The van der Waals surface area contributed by atoms with Crippen LogP contribution >= 0.6 is 11.6 Å². The van der Waals surface area contributed by atoms with Gasteiger partial charge < -0.3 is 21.3 Å². The molecular weight excluding hydrogens is 1080 g/mol. The number of halogens is 5. The number of rotatable bonds is 13. The van der Waals surface area contributed by atoms with Crippen LogP contribution < -0.4 is 21.3 Å². The molecule has 29 heteroatoms. The zero-order chi connectivity index (χ0) is 58.7. The van der Waals surface area contributed by atoms with Gasteiger partial charge in [-0.25, -0.2) is 33.4 Å². The van der Waals surface area contributed by atoms with Crippen molar-refractivity contribution in [2.24, 2.45) is 0 Å². The number of hydrogen-bond acceptors (Lipinski definition) is 14. The van der Waals surface area contributed by atoms with E-state index in [4.69, 9.17) is 24.7 Å². The van der Waals surface area contributed by atoms with Crippen LogP contribution in [0.3, 0.4) is 0 Å². The first-order valence-electron chi connectivity index (χ1n) is 24.5. The molecule has 4 N–H and O–H groups in total. The first kappa shape index (κ1) is 57.3. The van der Waals surface area contributed by atoms with Crippen molar-refractivity contribution in [2.45, 2.75) is 104 Å². The van der Waals surface area contributed by atoms with Crippen molar-refractivity contribution in [3.63, 3.8) is 0 Å². The molecule has 24 nitrogen and oxygen atoms in total. The summed E-state index contributed by atoms with van der Waals surface area (Å²) in [6, 6.07) is 14.4. The second-order valence-electron chi connectivity index (χ2n) is 20.5. The molecule has 0 saturated heterocycles. The molecule has 1 aliphatic carbocycles. The number of hydrogen-bond donors (Lipinski definition) is 4. The lowest BCUT2D eigenvalue weighted by Gasteiger charge is -2.22. The second-order valence-corrected chi connectivity index (χ2v) is 20.9. The Morgan fingerprint density at radius 2 is 1.12 bits per heavy atom. The lowest BCUT2D eigenvalue weighted by molar-refractivity contribution is -0.145. The molecule has 9 rings (SSSR count). The van der Waals surface area contributed by atoms with Gasteiger partial charge in [-0.05, 0) is 138 Å². The highest BCUT2D eigenvalue weighted by atomic mass is 35.5. The number of alkyl halides is 3. The van der Waals surface area contributed by atoms with E-state index in [1.165, 1.54) is 46.0 Å². The molecule has 1 aliphatic rings. The minimum Gasteiger partial charge on any atom is -0.347 e. The van der Waals surface area contributed by atoms with Crippen LogP contribution in [-0.2, 0) is 19.3 Å². The van der Waals surface area contributed by atoms with Crippen molar-refractivity contribution < 1.29 is 36.7 Å². The summed E-state index contributed by atoms with van der Waals surface area (Å²) in [4.78, 5) is 70.8. The second kappa shape index (κ2) is 22.9. The number of anilines is 2. The predicted octanol–water partition coefficient (Wildman–Crippen LogP) is 8.57. The Morgan fingerprint density at radius 1 is 0.654 bits per heavy atom. The van der Waals surface area contributed by atoms with Crippen molar-refractivity contribution in [3.05, 3.63) is 163 Å². The summed E-state index contributed by atoms with van der Waals surface area (Å²) in [5.41, 5.74) is 1.15. The smallest absolute Gasteiger partial charge is 0.347 e. The van der Waals surface area contributed by atoms with Crippen molar-refractivity contribution in [1.82, 2.24) is 80.6 Å². The number of benzene rings is 2. The highest BCUT2D eigenvalue weighted by Crippen LogP contribution is 2.37. The van der Waals surface area contributed by atoms with Crippen molar-refractivity contribution in [3.8, 4) is 11.6 Å². The van der Waals surface area contributed by atoms with Gasteiger partial charge in [0.25, 0.3) is 29.5 Å². The van der Waals surface area contributed by atoms with Gasteiger partial charge in [-0.3, -0.25) is 19.2 Å². The molecule has 6 aromatic heterocycles. The Kier molecular flexibility index (Phi) is 16.2. The van der Waals surface area contributed by atoms with Crippen LogP contribution in [0.25, 0.3) is 21.3 Å². The molecule has 0 aliphatic heterocycles. The van der Waals surface area contributed by atoms with Gasteiger partial charge in [0.1, 0.15) is 24.5 Å². The minimum atomic E-state index is -4.82. The average Bonchev–Trinajstić information content (AvgIpc) is 3.87. The summed E-state index contributed by atoms with van der Waals surface area (Å²) < 4.78 is 55.6. The summed E-state index contributed by atoms with van der Waals surface area (Å²) in [6.45, 7) is 28.7. The monoisotopic (exact) mass is 1130 g/mol. The quantitative estimate of drug-likeness (QED) is 0.0622. The van der Waals surface area contributed by atoms with E-state index in [1.807, 2.05) is 20.8 Å². The highest BCUT2D eigenvalue weighted by Gasteiger charge is 2.37. The minimum absolute atomic E-state index is 0.0149. The fraction of sp³-hybridized carbons (Fsp3) is 0.308. The number of amides is 4. The summed E-state index contributed by atoms with van der Waals surface area (Å²) in [6.07, 6.45) is 0.0899. The lowest BCUT2D eigenvalue weighted by Crippen LogP contribution is -2.41. The molecule has 0 spiro atoms. The molecule has 416 valence electrons. The maximum Gasteiger partial charge on any atom is 0.455 e. The molecule has 81 heavy (non-hydrogen) atoms. The Hall–Kier alpha value is -9.83. The fourth-order valence-corrected chi connectivity index (χ4v) is 8.00. The average molecular weight is 1130 g/mol. The van der Waals surface area contributed by atoms with Crippen molar-refractivity contribution >= 4 is 58.0 Å². The SMILES string of the molecule is [C-]#[N+]c1cc(C)c(NC(=O)c2cc(Cn3nnc(C(F)(F)F)n3)nn2-c2ncccc2F)c(C(=O)NC(C)(C)C)c1.[C-]#[N+]c1cc(C)c(NC(=O)c2cc(Cn3nnc(C4CC4)n3)nn2-c2ncccc2Cl)c(C(=O)NC(C)(C)C)c1. The first-order chi connectivity index (χ1) is 38.2. The molecule has 1 saturated carbocycles. The van der Waals surface area contributed by atoms with E-state index >= 15 is 0 Å². The zero-order valence-corrected chi connectivity index (χ0v) is 45.3. The van der Waals surface area contributed by atoms with Gasteiger partial charge in [0.05, 0.1) is 52.1 Å². The summed E-state index contributed by atoms with van der Waals surface area (Å²) in [5, 5.41) is 42.5. The predicted molar refractivity (Wildman–Crippen MR) is 284 cm³/mol. The molecule has 2 aromatic carbocycles. The van der Waals surface area contributed by atoms with Gasteiger partial charge >= 0.3 is 6.18 Å². The lowest BCUT2D eigenvalue weighted by atomic mass is 10.0. The van der Waals surface area contributed by atoms with Crippen LogP contribution in [0, 0.1) is 32.8 Å². The van der Waals surface area contributed by atoms with E-state index in [9.17, 15) is 36.7 Å². The Labute approximate surface area is 463 Å². The molecule has 0 atom stereocenters. The molecule has 0 radical (unpaired) electrons. The third kappa shape index (κ3) is 13.9. The van der Waals surface area contributed by atoms with E-state index < -0.39 is 59.1 Å². The molecule has 1 fully saturated rings. The van der Waals surface area contributed by atoms with Crippen LogP contribution in [0.1, 0.15) is 136 Å². The normalized spacial score (nSPS) is 12.4. The Bertz CT molecular complexity index is 3830. The molecule has 4 amide bonds. The third-order valence-corrected chi connectivity index (χ3v) is 11.7. The van der Waals surface area contributed by atoms with Crippen LogP contribution in [0.4, 0.5) is 40.3 Å². The first-order valence-corrected chi connectivity index (χ1v) is 24.9. The Morgan fingerprint density at radius 3 is 1.57 bits per heavy atom. The topological polar surface area (TPSA) is 274 Å². The van der Waals surface area contributed by atoms with Crippen LogP contribution in [0.15, 0.2) is 73.1 Å². The number of tetrazole rings is 2. The molecule has 0 unspecified atom stereocenters. The van der Waals surface area contributed by atoms with Gasteiger partial charge in [0.2, 0.25) is 0 Å². The number of carbonyl (C=O) groups is 4. The number of aromatic nitrogens is 14. The highest BCUT2D eigenvalue weighted by molar-refractivity contribution is 6.32. The van der Waals surface area contributed by atoms with E-state index in [2.05, 4.69) is 81.9 Å². The van der Waals surface area contributed by atoms with Gasteiger partial charge in [0, 0.05) is 29.4 Å². The van der Waals surface area contributed by atoms with Gasteiger partial charge in [-0.2, -0.15) is 33.0 Å². The maximum atomic E-state index is 14.7. The van der Waals surface area contributed by atoms with E-state index in [0.717, 1.165) is 23.6 Å². The summed E-state index contributed by atoms with van der Waals surface area (Å²) in [5.74, 6) is -3.72. The molecule has 6 heterocycles. The number of nitrogens with zero attached hydrogens (tertiary/aromatic N) is 16. The third-order valence-electron chi connectivity index (χ3n) is 11.4. The maximum absolute atomic E-state index is 14.7. The molecule has 8 aromatic rings. The van der Waals surface area contributed by atoms with Gasteiger partial charge in [-0.15, -0.1) is 20.4 Å². The Balaban J connectivity index is 0.000000212. The molecule has 0 bridgehead atoms. The van der Waals surface area contributed by atoms with Gasteiger partial charge in [0.15, 0.2) is 34.7 Å². The van der Waals surface area contributed by atoms with Crippen molar-refractivity contribution in [1.29, 1.82) is 0 Å². The van der Waals surface area contributed by atoms with Crippen LogP contribution in [0.2, 0.25) is 5.02 Å². The summed E-state index contributed by atoms with van der Waals surface area (Å²) in [7, 11) is 0. The van der Waals surface area contributed by atoms with Crippen LogP contribution in [-0.4, -0.2) is 105 Å². The zero-order valence-electron chi connectivity index (χ0n) is 44.5. The number of pyridine rings is 2.